The second-order valence-electron chi connectivity index (χ2n) is 8.36. The summed E-state index contributed by atoms with van der Waals surface area (Å²) in [7, 11) is -15.0. The van der Waals surface area contributed by atoms with Crippen molar-refractivity contribution in [3.63, 3.8) is 0 Å². The third kappa shape index (κ3) is 17.3. The number of amides is 1. The number of rotatable bonds is 17. The molecule has 1 N–H and O–H groups in total. The van der Waals surface area contributed by atoms with E-state index in [2.05, 4.69) is 33.0 Å². The molecular formula is C21H47F6NO5P2Si. The summed E-state index contributed by atoms with van der Waals surface area (Å²) in [4.78, 5) is 12.9. The summed E-state index contributed by atoms with van der Waals surface area (Å²) in [6.45, 7) is 18.0. The summed E-state index contributed by atoms with van der Waals surface area (Å²) >= 11 is 0. The minimum absolute atomic E-state index is 0.0396. The van der Waals surface area contributed by atoms with E-state index in [1.54, 1.807) is 0 Å². The topological polar surface area (TPSA) is 66.0 Å². The molecule has 0 radical (unpaired) electrons. The Balaban J connectivity index is 0. The monoisotopic (exact) mass is 597 g/mol. The van der Waals surface area contributed by atoms with Gasteiger partial charge in [0.1, 0.15) is 5.67 Å². The van der Waals surface area contributed by atoms with Crippen molar-refractivity contribution in [2.24, 2.45) is 0 Å². The SMILES string of the molecule is CCC[P+](CCC)(CCC)C(C)OC(=O)NC(CC)[Si](OCC)(OCC)OCC.F[P-](F)(F)(F)(F)F. The van der Waals surface area contributed by atoms with Gasteiger partial charge in [0.05, 0.1) is 25.7 Å². The molecule has 0 aliphatic heterocycles. The maximum atomic E-state index is 12.9. The van der Waals surface area contributed by atoms with Crippen LogP contribution >= 0.6 is 15.1 Å². The number of nitrogens with one attached hydrogen (secondary N) is 1. The normalized spacial score (nSPS) is 16.2. The third-order valence-electron chi connectivity index (χ3n) is 5.22. The molecule has 0 saturated carbocycles. The predicted molar refractivity (Wildman–Crippen MR) is 140 cm³/mol. The maximum absolute atomic E-state index is 12.9. The van der Waals surface area contributed by atoms with Crippen molar-refractivity contribution >= 4 is 30.0 Å². The molecule has 0 aliphatic rings. The van der Waals surface area contributed by atoms with E-state index in [4.69, 9.17) is 18.0 Å². The van der Waals surface area contributed by atoms with E-state index < -0.39 is 23.9 Å². The summed E-state index contributed by atoms with van der Waals surface area (Å²) in [6, 6.07) is 0. The van der Waals surface area contributed by atoms with Crippen molar-refractivity contribution in [1.29, 1.82) is 0 Å². The van der Waals surface area contributed by atoms with Crippen molar-refractivity contribution in [3.8, 4) is 0 Å². The molecule has 0 aromatic heterocycles. The zero-order chi connectivity index (χ0) is 28.7. The molecule has 6 nitrogen and oxygen atoms in total. The van der Waals surface area contributed by atoms with Crippen LogP contribution in [0.25, 0.3) is 0 Å². The van der Waals surface area contributed by atoms with E-state index >= 15 is 0 Å². The molecule has 0 bridgehead atoms. The first kappa shape index (κ1) is 38.0. The summed E-state index contributed by atoms with van der Waals surface area (Å²) in [5, 5.41) is 3.03. The first-order valence-electron chi connectivity index (χ1n) is 12.6. The van der Waals surface area contributed by atoms with Gasteiger partial charge in [-0.15, -0.1) is 0 Å². The number of halogens is 6. The fraction of sp³-hybridized carbons (Fsp3) is 0.952. The number of alkyl carbamates (subject to hydrolysis) is 1. The minimum atomic E-state index is -10.7. The molecule has 15 heteroatoms. The molecule has 0 rings (SSSR count). The van der Waals surface area contributed by atoms with Gasteiger partial charge in [-0.2, -0.15) is 0 Å². The predicted octanol–water partition coefficient (Wildman–Crippen LogP) is 9.05. The Labute approximate surface area is 214 Å². The van der Waals surface area contributed by atoms with Gasteiger partial charge in [0, 0.05) is 26.7 Å². The van der Waals surface area contributed by atoms with Crippen LogP contribution in [-0.4, -0.2) is 64.7 Å². The van der Waals surface area contributed by atoms with Crippen LogP contribution in [0.2, 0.25) is 0 Å². The average Bonchev–Trinajstić information content (AvgIpc) is 2.70. The summed E-state index contributed by atoms with van der Waals surface area (Å²) < 4.78 is 83.1. The van der Waals surface area contributed by atoms with Crippen LogP contribution in [0.3, 0.4) is 0 Å². The number of hydrogen-bond donors (Lipinski definition) is 1. The standard InChI is InChI=1S/C21H46NO5PSi.F6P/c1-9-16-28(17-10-2,18-11-3)19(8)27-21(23)22-20(12-4)29(24-13-5,25-14-6)26-15-7;1-7(2,3,4,5)6/h19-20H,9-18H2,1-8H3;/q;-1/p+1. The van der Waals surface area contributed by atoms with Gasteiger partial charge in [0.15, 0.2) is 0 Å². The van der Waals surface area contributed by atoms with E-state index in [1.807, 2.05) is 27.7 Å². The van der Waals surface area contributed by atoms with Crippen LogP contribution < -0.4 is 5.32 Å². The van der Waals surface area contributed by atoms with Crippen molar-refractivity contribution < 1.29 is 48.0 Å². The first-order chi connectivity index (χ1) is 16.3. The Morgan fingerprint density at radius 3 is 1.36 bits per heavy atom. The Hall–Kier alpha value is -0.193. The fourth-order valence-electron chi connectivity index (χ4n) is 4.13. The molecule has 0 saturated heterocycles. The second kappa shape index (κ2) is 15.4. The van der Waals surface area contributed by atoms with Gasteiger partial charge in [-0.3, -0.25) is 0 Å². The summed E-state index contributed by atoms with van der Waals surface area (Å²) in [5.41, 5.74) is -0.321. The van der Waals surface area contributed by atoms with E-state index in [0.29, 0.717) is 26.2 Å². The van der Waals surface area contributed by atoms with Crippen LogP contribution in [0.1, 0.15) is 81.1 Å². The Bertz CT molecular complexity index is 586. The van der Waals surface area contributed by atoms with Crippen molar-refractivity contribution in [1.82, 2.24) is 5.32 Å². The van der Waals surface area contributed by atoms with Gasteiger partial charge >= 0.3 is 47.9 Å². The van der Waals surface area contributed by atoms with Crippen molar-refractivity contribution in [3.05, 3.63) is 0 Å². The van der Waals surface area contributed by atoms with E-state index in [0.717, 1.165) is 19.3 Å². The Morgan fingerprint density at radius 2 is 1.11 bits per heavy atom. The Kier molecular flexibility index (Phi) is 16.2. The van der Waals surface area contributed by atoms with Gasteiger partial charge in [-0.05, 0) is 46.5 Å². The van der Waals surface area contributed by atoms with Crippen molar-refractivity contribution in [2.75, 3.05) is 38.3 Å². The van der Waals surface area contributed by atoms with Gasteiger partial charge in [-0.1, -0.05) is 27.7 Å². The van der Waals surface area contributed by atoms with Gasteiger partial charge in [0.2, 0.25) is 5.85 Å². The Morgan fingerprint density at radius 1 is 0.778 bits per heavy atom. The molecule has 0 aromatic rings. The van der Waals surface area contributed by atoms with Gasteiger partial charge in [0.25, 0.3) is 0 Å². The molecule has 2 atom stereocenters. The van der Waals surface area contributed by atoms with Crippen molar-refractivity contribution in [2.45, 2.75) is 92.6 Å². The fourth-order valence-corrected chi connectivity index (χ4v) is 11.7. The summed E-state index contributed by atoms with van der Waals surface area (Å²) in [5.74, 6) is -0.0396. The number of carbonyl (C=O) groups excluding carboxylic acids is 1. The number of ether oxygens (including phenoxy) is 1. The quantitative estimate of drug-likeness (QED) is 0.103. The van der Waals surface area contributed by atoms with Crippen LogP contribution in [0.4, 0.5) is 30.0 Å². The first-order valence-corrected chi connectivity index (χ1v) is 18.9. The van der Waals surface area contributed by atoms with Gasteiger partial charge in [-0.25, -0.2) is 4.79 Å². The molecule has 0 fully saturated rings. The molecule has 1 amide bonds. The van der Waals surface area contributed by atoms with E-state index in [9.17, 15) is 30.0 Å². The van der Waals surface area contributed by atoms with Crippen LogP contribution in [0.15, 0.2) is 0 Å². The third-order valence-corrected chi connectivity index (χ3v) is 14.4. The zero-order valence-electron chi connectivity index (χ0n) is 22.9. The molecule has 0 heterocycles. The molecular weight excluding hydrogens is 550 g/mol. The van der Waals surface area contributed by atoms with Crippen LogP contribution in [0, 0.1) is 0 Å². The zero-order valence-corrected chi connectivity index (χ0v) is 25.7. The number of carbonyl (C=O) groups is 1. The molecule has 222 valence electrons. The van der Waals surface area contributed by atoms with E-state index in [1.165, 1.54) is 18.5 Å². The second-order valence-corrected chi connectivity index (χ2v) is 17.6. The van der Waals surface area contributed by atoms with E-state index in [-0.39, 0.29) is 17.6 Å². The molecule has 0 spiro atoms. The molecule has 2 unspecified atom stereocenters. The molecule has 0 aliphatic carbocycles. The number of hydrogen-bond acceptors (Lipinski definition) is 5. The van der Waals surface area contributed by atoms with Crippen LogP contribution in [-0.2, 0) is 18.0 Å². The molecule has 0 aromatic carbocycles. The van der Waals surface area contributed by atoms with Crippen LogP contribution in [0.5, 0.6) is 0 Å². The van der Waals surface area contributed by atoms with Gasteiger partial charge < -0.3 is 23.3 Å². The summed E-state index contributed by atoms with van der Waals surface area (Å²) in [6.07, 6.45) is 7.21. The average molecular weight is 598 g/mol. The molecule has 36 heavy (non-hydrogen) atoms.